The van der Waals surface area contributed by atoms with E-state index in [9.17, 15) is 24.3 Å². The van der Waals surface area contributed by atoms with Crippen molar-refractivity contribution in [3.8, 4) is 0 Å². The summed E-state index contributed by atoms with van der Waals surface area (Å²) in [6.45, 7) is 0.245. The summed E-state index contributed by atoms with van der Waals surface area (Å²) < 4.78 is 0. The number of nitrogens with two attached hydrogens (primary N) is 1. The Morgan fingerprint density at radius 3 is 2.75 bits per heavy atom. The molecule has 2 aliphatic rings. The van der Waals surface area contributed by atoms with E-state index in [2.05, 4.69) is 16.0 Å². The average molecular weight is 437 g/mol. The molecule has 2 aromatic carbocycles. The van der Waals surface area contributed by atoms with E-state index < -0.39 is 18.2 Å². The second-order valence-corrected chi connectivity index (χ2v) is 7.74. The fourth-order valence-electron chi connectivity index (χ4n) is 3.87. The van der Waals surface area contributed by atoms with Gasteiger partial charge in [-0.25, -0.2) is 0 Å². The summed E-state index contributed by atoms with van der Waals surface area (Å²) in [5.74, 6) is -1.33. The number of nitrogens with one attached hydrogen (secondary N) is 3. The van der Waals surface area contributed by atoms with Crippen molar-refractivity contribution in [3.63, 3.8) is 0 Å². The molecule has 166 valence electrons. The minimum Gasteiger partial charge on any atom is -0.376 e. The lowest BCUT2D eigenvalue weighted by Gasteiger charge is -2.29. The molecule has 0 radical (unpaired) electrons. The van der Waals surface area contributed by atoms with Crippen molar-refractivity contribution in [1.82, 2.24) is 10.2 Å². The van der Waals surface area contributed by atoms with E-state index in [1.807, 2.05) is 0 Å². The number of rotatable bonds is 6. The first-order valence-electron chi connectivity index (χ1n) is 10.2. The summed E-state index contributed by atoms with van der Waals surface area (Å²) in [6.07, 6.45) is -0.622. The van der Waals surface area contributed by atoms with E-state index in [0.29, 0.717) is 28.9 Å². The molecule has 10 nitrogen and oxygen atoms in total. The minimum absolute atomic E-state index is 0.0149. The van der Waals surface area contributed by atoms with Crippen LogP contribution in [0.1, 0.15) is 40.6 Å². The van der Waals surface area contributed by atoms with Gasteiger partial charge in [0.1, 0.15) is 12.3 Å². The van der Waals surface area contributed by atoms with Crippen molar-refractivity contribution < 1.29 is 24.3 Å². The Kier molecular flexibility index (Phi) is 5.89. The van der Waals surface area contributed by atoms with Gasteiger partial charge in [-0.05, 0) is 47.9 Å². The molecule has 6 N–H and O–H groups in total. The molecule has 2 heterocycles. The third kappa shape index (κ3) is 4.46. The number of aliphatic hydroxyl groups is 1. The highest BCUT2D eigenvalue weighted by Crippen LogP contribution is 2.29. The van der Waals surface area contributed by atoms with Gasteiger partial charge in [0.05, 0.1) is 6.54 Å². The maximum absolute atomic E-state index is 12.7. The number of fused-ring (bicyclic) bond motifs is 1. The van der Waals surface area contributed by atoms with Gasteiger partial charge in [0, 0.05) is 29.9 Å². The fourth-order valence-corrected chi connectivity index (χ4v) is 3.87. The van der Waals surface area contributed by atoms with Gasteiger partial charge < -0.3 is 26.4 Å². The van der Waals surface area contributed by atoms with Crippen molar-refractivity contribution in [1.29, 1.82) is 0 Å². The molecule has 0 aromatic heterocycles. The summed E-state index contributed by atoms with van der Waals surface area (Å²) in [7, 11) is 0. The van der Waals surface area contributed by atoms with Crippen LogP contribution in [0.2, 0.25) is 0 Å². The van der Waals surface area contributed by atoms with E-state index in [0.717, 1.165) is 5.56 Å². The topological polar surface area (TPSA) is 154 Å². The quantitative estimate of drug-likeness (QED) is 0.325. The normalized spacial score (nSPS) is 18.8. The van der Waals surface area contributed by atoms with E-state index >= 15 is 0 Å². The Hall–Kier alpha value is -3.76. The molecule has 32 heavy (non-hydrogen) atoms. The number of piperidine rings is 1. The number of imide groups is 1. The Balaban J connectivity index is 1.37. The Morgan fingerprint density at radius 1 is 1.19 bits per heavy atom. The molecular formula is C22H23N5O5. The van der Waals surface area contributed by atoms with Gasteiger partial charge in [-0.15, -0.1) is 0 Å². The van der Waals surface area contributed by atoms with Crippen molar-refractivity contribution >= 4 is 35.0 Å². The number of amides is 4. The van der Waals surface area contributed by atoms with Gasteiger partial charge in [-0.2, -0.15) is 0 Å². The zero-order chi connectivity index (χ0) is 22.8. The maximum atomic E-state index is 12.7. The highest BCUT2D eigenvalue weighted by Gasteiger charge is 2.39. The Bertz CT molecular complexity index is 1100. The lowest BCUT2D eigenvalue weighted by molar-refractivity contribution is -0.137. The highest BCUT2D eigenvalue weighted by molar-refractivity contribution is 6.05. The second kappa shape index (κ2) is 8.77. The molecule has 2 aromatic rings. The smallest absolute Gasteiger partial charge is 0.255 e. The number of carbonyl (C=O) groups is 4. The van der Waals surface area contributed by atoms with Crippen molar-refractivity contribution in [2.75, 3.05) is 17.2 Å². The number of anilines is 2. The summed E-state index contributed by atoms with van der Waals surface area (Å²) >= 11 is 0. The Morgan fingerprint density at radius 2 is 2.00 bits per heavy atom. The molecule has 0 aliphatic carbocycles. The standard InChI is InChI=1S/C22H23N5O5/c23-20(30)12-2-1-3-15(8-12)25-19(29)10-24-14-4-5-16-13(9-14)11-27(22(16)32)17-6-7-18(28)26-21(17)31/h1-5,8-9,17,20,24,30H,6-7,10-11,23H2,(H,25,29)(H,26,28,31). The van der Waals surface area contributed by atoms with Crippen LogP contribution in [0.3, 0.4) is 0 Å². The largest absolute Gasteiger partial charge is 0.376 e. The molecule has 4 rings (SSSR count). The molecule has 2 atom stereocenters. The van der Waals surface area contributed by atoms with Crippen molar-refractivity contribution in [2.45, 2.75) is 31.7 Å². The predicted molar refractivity (Wildman–Crippen MR) is 115 cm³/mol. The van der Waals surface area contributed by atoms with Crippen LogP contribution in [0, 0.1) is 0 Å². The highest BCUT2D eigenvalue weighted by atomic mass is 16.3. The first-order chi connectivity index (χ1) is 15.3. The summed E-state index contributed by atoms with van der Waals surface area (Å²) in [4.78, 5) is 50.0. The SMILES string of the molecule is NC(O)c1cccc(NC(=O)CNc2ccc3c(c2)CN(C2CCC(=O)NC2=O)C3=O)c1. The zero-order valence-corrected chi connectivity index (χ0v) is 17.1. The number of benzene rings is 2. The van der Waals surface area contributed by atoms with Gasteiger partial charge in [-0.3, -0.25) is 24.5 Å². The molecule has 0 saturated carbocycles. The van der Waals surface area contributed by atoms with Crippen LogP contribution in [0.25, 0.3) is 0 Å². The lowest BCUT2D eigenvalue weighted by Crippen LogP contribution is -2.52. The molecule has 1 saturated heterocycles. The van der Waals surface area contributed by atoms with Crippen LogP contribution >= 0.6 is 0 Å². The van der Waals surface area contributed by atoms with Crippen LogP contribution in [-0.2, 0) is 20.9 Å². The molecule has 10 heteroatoms. The monoisotopic (exact) mass is 437 g/mol. The van der Waals surface area contributed by atoms with Crippen LogP contribution in [0.15, 0.2) is 42.5 Å². The number of nitrogens with zero attached hydrogens (tertiary/aromatic N) is 1. The van der Waals surface area contributed by atoms with Crippen LogP contribution in [0.5, 0.6) is 0 Å². The van der Waals surface area contributed by atoms with Gasteiger partial charge >= 0.3 is 0 Å². The maximum Gasteiger partial charge on any atom is 0.255 e. The third-order valence-electron chi connectivity index (χ3n) is 5.49. The summed E-state index contributed by atoms with van der Waals surface area (Å²) in [6, 6.07) is 11.1. The molecule has 0 bridgehead atoms. The van der Waals surface area contributed by atoms with Gasteiger partial charge in [-0.1, -0.05) is 12.1 Å². The van der Waals surface area contributed by atoms with E-state index in [4.69, 9.17) is 5.73 Å². The van der Waals surface area contributed by atoms with Crippen molar-refractivity contribution in [3.05, 3.63) is 59.2 Å². The molecule has 1 fully saturated rings. The molecule has 2 aliphatic heterocycles. The van der Waals surface area contributed by atoms with Crippen LogP contribution in [-0.4, -0.2) is 46.2 Å². The van der Waals surface area contributed by atoms with E-state index in [1.54, 1.807) is 42.5 Å². The molecule has 2 unspecified atom stereocenters. The second-order valence-electron chi connectivity index (χ2n) is 7.74. The summed E-state index contributed by atoms with van der Waals surface area (Å²) in [5.41, 5.74) is 8.34. The first-order valence-corrected chi connectivity index (χ1v) is 10.2. The predicted octanol–water partition coefficient (Wildman–Crippen LogP) is 0.448. The van der Waals surface area contributed by atoms with Gasteiger partial charge in [0.2, 0.25) is 17.7 Å². The van der Waals surface area contributed by atoms with Crippen molar-refractivity contribution in [2.24, 2.45) is 5.73 Å². The van der Waals surface area contributed by atoms with Crippen LogP contribution < -0.4 is 21.7 Å². The lowest BCUT2D eigenvalue weighted by atomic mass is 10.0. The number of hydrogen-bond acceptors (Lipinski definition) is 7. The average Bonchev–Trinajstić information content (AvgIpc) is 3.08. The molecule has 4 amide bonds. The zero-order valence-electron chi connectivity index (χ0n) is 17.1. The van der Waals surface area contributed by atoms with Gasteiger partial charge in [0.25, 0.3) is 5.91 Å². The van der Waals surface area contributed by atoms with Gasteiger partial charge in [0.15, 0.2) is 0 Å². The fraction of sp³-hybridized carbons (Fsp3) is 0.273. The third-order valence-corrected chi connectivity index (χ3v) is 5.49. The van der Waals surface area contributed by atoms with E-state index in [-0.39, 0.29) is 37.2 Å². The first kappa shape index (κ1) is 21.5. The molecular weight excluding hydrogens is 414 g/mol. The number of hydrogen-bond donors (Lipinski definition) is 5. The minimum atomic E-state index is -1.13. The van der Waals surface area contributed by atoms with Crippen LogP contribution in [0.4, 0.5) is 11.4 Å². The molecule has 0 spiro atoms. The number of carbonyl (C=O) groups excluding carboxylic acids is 4. The number of aliphatic hydroxyl groups excluding tert-OH is 1. The summed E-state index contributed by atoms with van der Waals surface area (Å²) in [5, 5.41) is 17.5. The van der Waals surface area contributed by atoms with E-state index in [1.165, 1.54) is 4.90 Å². The Labute approximate surface area is 183 Å².